The van der Waals surface area contributed by atoms with Crippen molar-refractivity contribution < 1.29 is 19.0 Å². The summed E-state index contributed by atoms with van der Waals surface area (Å²) in [5, 5.41) is 0. The summed E-state index contributed by atoms with van der Waals surface area (Å²) in [6.07, 6.45) is 0.956. The summed E-state index contributed by atoms with van der Waals surface area (Å²) in [5.41, 5.74) is 1.89. The molecule has 0 saturated carbocycles. The van der Waals surface area contributed by atoms with Crippen LogP contribution in [0, 0.1) is 0 Å². The van der Waals surface area contributed by atoms with Crippen LogP contribution in [0.3, 0.4) is 0 Å². The molecule has 2 aliphatic rings. The molecule has 2 unspecified atom stereocenters. The molecule has 4 rings (SSSR count). The molecule has 0 spiro atoms. The minimum absolute atomic E-state index is 0.0401. The molecule has 32 heavy (non-hydrogen) atoms. The Balaban J connectivity index is 1.68. The molecule has 2 aromatic carbocycles. The van der Waals surface area contributed by atoms with Crippen molar-refractivity contribution in [3.63, 3.8) is 0 Å². The molecule has 2 heterocycles. The van der Waals surface area contributed by atoms with Gasteiger partial charge < -0.3 is 14.2 Å². The molecule has 2 aliphatic heterocycles. The fourth-order valence-electron chi connectivity index (χ4n) is 4.57. The van der Waals surface area contributed by atoms with E-state index in [0.29, 0.717) is 33.0 Å². The molecule has 172 valence electrons. The van der Waals surface area contributed by atoms with Crippen LogP contribution in [0.2, 0.25) is 0 Å². The van der Waals surface area contributed by atoms with Crippen LogP contribution in [0.4, 0.5) is 0 Å². The molecule has 6 nitrogen and oxygen atoms in total. The summed E-state index contributed by atoms with van der Waals surface area (Å²) < 4.78 is 17.0. The van der Waals surface area contributed by atoms with Crippen molar-refractivity contribution in [2.45, 2.75) is 25.4 Å². The van der Waals surface area contributed by atoms with E-state index < -0.39 is 0 Å². The number of rotatable bonds is 9. The number of Topliss-reactive ketones (excluding diaryl/α,β-unsaturated/α-hetero) is 1. The first-order chi connectivity index (χ1) is 15.8. The largest absolute Gasteiger partial charge is 0.494 e. The highest BCUT2D eigenvalue weighted by atomic mass is 16.5. The Morgan fingerprint density at radius 1 is 0.875 bits per heavy atom. The van der Waals surface area contributed by atoms with Gasteiger partial charge in [0.05, 0.1) is 45.1 Å². The van der Waals surface area contributed by atoms with E-state index in [9.17, 15) is 4.79 Å². The highest BCUT2D eigenvalue weighted by molar-refractivity contribution is 6.00. The molecular formula is C26H34N2O4. The minimum atomic E-state index is -0.290. The van der Waals surface area contributed by atoms with Gasteiger partial charge in [-0.2, -0.15) is 0 Å². The zero-order valence-corrected chi connectivity index (χ0v) is 18.9. The molecule has 0 bridgehead atoms. The lowest BCUT2D eigenvalue weighted by atomic mass is 9.89. The summed E-state index contributed by atoms with van der Waals surface area (Å²) in [7, 11) is 0. The van der Waals surface area contributed by atoms with Crippen LogP contribution in [0.25, 0.3) is 0 Å². The fraction of sp³-hybridized carbons (Fsp3) is 0.500. The lowest BCUT2D eigenvalue weighted by Gasteiger charge is -2.44. The van der Waals surface area contributed by atoms with Crippen molar-refractivity contribution in [3.05, 3.63) is 65.7 Å². The smallest absolute Gasteiger partial charge is 0.181 e. The van der Waals surface area contributed by atoms with Crippen molar-refractivity contribution in [1.29, 1.82) is 0 Å². The summed E-state index contributed by atoms with van der Waals surface area (Å²) in [6.45, 7) is 8.58. The second-order valence-corrected chi connectivity index (χ2v) is 8.33. The molecule has 0 aliphatic carbocycles. The number of carbonyl (C=O) groups excluding carboxylic acids is 1. The van der Waals surface area contributed by atoms with Gasteiger partial charge in [-0.25, -0.2) is 0 Å². The van der Waals surface area contributed by atoms with Crippen LogP contribution >= 0.6 is 0 Å². The van der Waals surface area contributed by atoms with Crippen LogP contribution < -0.4 is 4.74 Å². The molecule has 2 saturated heterocycles. The Kier molecular flexibility index (Phi) is 8.29. The van der Waals surface area contributed by atoms with E-state index in [1.807, 2.05) is 30.3 Å². The van der Waals surface area contributed by atoms with Gasteiger partial charge in [0.15, 0.2) is 5.78 Å². The Morgan fingerprint density at radius 3 is 2.06 bits per heavy atom. The van der Waals surface area contributed by atoms with E-state index >= 15 is 0 Å². The van der Waals surface area contributed by atoms with Crippen LogP contribution in [-0.4, -0.2) is 80.8 Å². The predicted molar refractivity (Wildman–Crippen MR) is 124 cm³/mol. The fourth-order valence-corrected chi connectivity index (χ4v) is 4.57. The monoisotopic (exact) mass is 438 g/mol. The van der Waals surface area contributed by atoms with Gasteiger partial charge in [-0.1, -0.05) is 37.3 Å². The number of ether oxygens (including phenoxy) is 3. The maximum atomic E-state index is 14.0. The zero-order valence-electron chi connectivity index (χ0n) is 18.9. The van der Waals surface area contributed by atoms with Crippen LogP contribution in [0.15, 0.2) is 54.6 Å². The predicted octanol–water partition coefficient (Wildman–Crippen LogP) is 3.43. The highest BCUT2D eigenvalue weighted by Gasteiger charge is 2.39. The van der Waals surface area contributed by atoms with Gasteiger partial charge in [0.25, 0.3) is 0 Å². The standard InChI is InChI=1S/C26H34N2O4/c1-2-16-32-23-10-8-22(9-11-23)26(29)25(28-14-19-31-20-15-28)24(21-6-4-3-5-7-21)27-12-17-30-18-13-27/h3-11,24-25H,2,12-20H2,1H3. The van der Waals surface area contributed by atoms with E-state index in [1.54, 1.807) is 0 Å². The Morgan fingerprint density at radius 2 is 1.47 bits per heavy atom. The first kappa shape index (κ1) is 22.9. The first-order valence-electron chi connectivity index (χ1n) is 11.7. The second-order valence-electron chi connectivity index (χ2n) is 8.33. The summed E-state index contributed by atoms with van der Waals surface area (Å²) in [5.74, 6) is 0.952. The number of nitrogens with zero attached hydrogens (tertiary/aromatic N) is 2. The molecule has 2 fully saturated rings. The summed E-state index contributed by atoms with van der Waals surface area (Å²) in [6, 6.07) is 17.7. The Hall–Kier alpha value is -2.25. The van der Waals surface area contributed by atoms with Gasteiger partial charge in [-0.3, -0.25) is 14.6 Å². The lowest BCUT2D eigenvalue weighted by molar-refractivity contribution is -0.0301. The number of ketones is 1. The van der Waals surface area contributed by atoms with Crippen molar-refractivity contribution in [2.75, 3.05) is 59.2 Å². The third kappa shape index (κ3) is 5.56. The second kappa shape index (κ2) is 11.6. The van der Waals surface area contributed by atoms with Gasteiger partial charge in [-0.05, 0) is 36.2 Å². The third-order valence-corrected chi connectivity index (χ3v) is 6.20. The average Bonchev–Trinajstić information content (AvgIpc) is 2.87. The van der Waals surface area contributed by atoms with Gasteiger partial charge in [0.2, 0.25) is 0 Å². The molecule has 0 aromatic heterocycles. The van der Waals surface area contributed by atoms with Crippen LogP contribution in [-0.2, 0) is 9.47 Å². The van der Waals surface area contributed by atoms with Crippen molar-refractivity contribution in [1.82, 2.24) is 9.80 Å². The van der Waals surface area contributed by atoms with E-state index in [0.717, 1.165) is 43.9 Å². The van der Waals surface area contributed by atoms with Gasteiger partial charge in [-0.15, -0.1) is 0 Å². The quantitative estimate of drug-likeness (QED) is 0.559. The normalized spacial score (nSPS) is 19.9. The number of benzene rings is 2. The Bertz CT molecular complexity index is 831. The molecule has 0 amide bonds. The van der Waals surface area contributed by atoms with Crippen molar-refractivity contribution in [2.24, 2.45) is 0 Å². The van der Waals surface area contributed by atoms with Gasteiger partial charge in [0.1, 0.15) is 5.75 Å². The summed E-state index contributed by atoms with van der Waals surface area (Å²) >= 11 is 0. The number of carbonyl (C=O) groups is 1. The van der Waals surface area contributed by atoms with E-state index in [4.69, 9.17) is 14.2 Å². The van der Waals surface area contributed by atoms with Crippen LogP contribution in [0.5, 0.6) is 5.75 Å². The van der Waals surface area contributed by atoms with Crippen molar-refractivity contribution >= 4 is 5.78 Å². The maximum absolute atomic E-state index is 14.0. The maximum Gasteiger partial charge on any atom is 0.181 e. The van der Waals surface area contributed by atoms with E-state index in [2.05, 4.69) is 41.0 Å². The minimum Gasteiger partial charge on any atom is -0.494 e. The molecule has 2 atom stereocenters. The topological polar surface area (TPSA) is 51.2 Å². The summed E-state index contributed by atoms with van der Waals surface area (Å²) in [4.78, 5) is 18.8. The SMILES string of the molecule is CCCOc1ccc(C(=O)C(C(c2ccccc2)N2CCOCC2)N2CCOCC2)cc1. The number of hydrogen-bond donors (Lipinski definition) is 0. The molecule has 2 aromatic rings. The first-order valence-corrected chi connectivity index (χ1v) is 11.7. The number of hydrogen-bond acceptors (Lipinski definition) is 6. The lowest BCUT2D eigenvalue weighted by Crippen LogP contribution is -2.55. The zero-order chi connectivity index (χ0) is 22.2. The third-order valence-electron chi connectivity index (χ3n) is 6.20. The molecule has 6 heteroatoms. The molecule has 0 radical (unpaired) electrons. The van der Waals surface area contributed by atoms with E-state index in [1.165, 1.54) is 5.56 Å². The Labute approximate surface area is 191 Å². The molecule has 0 N–H and O–H groups in total. The van der Waals surface area contributed by atoms with Crippen LogP contribution in [0.1, 0.15) is 35.3 Å². The molecular weight excluding hydrogens is 404 g/mol. The van der Waals surface area contributed by atoms with Crippen molar-refractivity contribution in [3.8, 4) is 5.75 Å². The van der Waals surface area contributed by atoms with Gasteiger partial charge in [0, 0.05) is 31.7 Å². The highest BCUT2D eigenvalue weighted by Crippen LogP contribution is 2.32. The number of morpholine rings is 2. The average molecular weight is 439 g/mol. The van der Waals surface area contributed by atoms with Gasteiger partial charge >= 0.3 is 0 Å². The van der Waals surface area contributed by atoms with E-state index in [-0.39, 0.29) is 17.9 Å².